The number of hydrogen-bond acceptors (Lipinski definition) is 4. The smallest absolute Gasteiger partial charge is 0.223 e. The largest absolute Gasteiger partial charge is 0.381 e. The minimum absolute atomic E-state index is 0.218. The summed E-state index contributed by atoms with van der Waals surface area (Å²) in [6, 6.07) is 8.28. The number of nitrogens with zero attached hydrogens (tertiary/aromatic N) is 2. The molecule has 0 aromatic heterocycles. The van der Waals surface area contributed by atoms with Gasteiger partial charge in [-0.15, -0.1) is 0 Å². The summed E-state index contributed by atoms with van der Waals surface area (Å²) in [5, 5.41) is 6.57. The number of guanidine groups is 1. The van der Waals surface area contributed by atoms with Gasteiger partial charge in [-0.2, -0.15) is 0 Å². The average Bonchev–Trinajstić information content (AvgIpc) is 3.41. The van der Waals surface area contributed by atoms with Crippen molar-refractivity contribution in [1.82, 2.24) is 15.5 Å². The lowest BCUT2D eigenvalue weighted by molar-refractivity contribution is -0.131. The Morgan fingerprint density at radius 1 is 1.21 bits per heavy atom. The standard InChI is InChI=1S/C22H34N4O3/c1-23-22(25-11-5-12-28-16-18-9-13-29-17-18)24-10-4-8-21(27)26-14-19-6-2-3-7-20(19)15-26/h2-3,6-7,18H,4-5,8-17H2,1H3,(H2,23,24,25). The predicted molar refractivity (Wildman–Crippen MR) is 114 cm³/mol. The van der Waals surface area contributed by atoms with Crippen LogP contribution in [0.4, 0.5) is 0 Å². The molecule has 0 aliphatic carbocycles. The molecule has 3 rings (SSSR count). The van der Waals surface area contributed by atoms with E-state index in [-0.39, 0.29) is 5.91 Å². The molecule has 160 valence electrons. The third-order valence-electron chi connectivity index (χ3n) is 5.41. The Morgan fingerprint density at radius 3 is 2.59 bits per heavy atom. The first-order valence-electron chi connectivity index (χ1n) is 10.7. The molecule has 7 nitrogen and oxygen atoms in total. The van der Waals surface area contributed by atoms with Gasteiger partial charge >= 0.3 is 0 Å². The molecule has 2 aliphatic rings. The number of benzene rings is 1. The molecule has 1 aromatic rings. The summed E-state index contributed by atoms with van der Waals surface area (Å²) >= 11 is 0. The highest BCUT2D eigenvalue weighted by Crippen LogP contribution is 2.22. The molecule has 29 heavy (non-hydrogen) atoms. The Morgan fingerprint density at radius 2 is 1.93 bits per heavy atom. The van der Waals surface area contributed by atoms with Crippen molar-refractivity contribution in [2.45, 2.75) is 38.8 Å². The fraction of sp³-hybridized carbons (Fsp3) is 0.636. The van der Waals surface area contributed by atoms with Gasteiger partial charge in [0.15, 0.2) is 5.96 Å². The number of aliphatic imine (C=N–C) groups is 1. The summed E-state index contributed by atoms with van der Waals surface area (Å²) in [4.78, 5) is 18.6. The number of hydrogen-bond donors (Lipinski definition) is 2. The molecule has 0 saturated carbocycles. The van der Waals surface area contributed by atoms with Crippen LogP contribution in [0.15, 0.2) is 29.3 Å². The maximum Gasteiger partial charge on any atom is 0.223 e. The van der Waals surface area contributed by atoms with E-state index in [9.17, 15) is 4.79 Å². The van der Waals surface area contributed by atoms with Crippen LogP contribution in [0.5, 0.6) is 0 Å². The molecule has 1 unspecified atom stereocenters. The molecular weight excluding hydrogens is 368 g/mol. The van der Waals surface area contributed by atoms with Crippen molar-refractivity contribution in [2.24, 2.45) is 10.9 Å². The lowest BCUT2D eigenvalue weighted by atomic mass is 10.1. The Hall–Kier alpha value is -2.12. The Kier molecular flexibility index (Phi) is 8.77. The second kappa shape index (κ2) is 11.8. The zero-order chi connectivity index (χ0) is 20.3. The molecule has 7 heteroatoms. The van der Waals surface area contributed by atoms with Crippen molar-refractivity contribution in [3.05, 3.63) is 35.4 Å². The predicted octanol–water partition coefficient (Wildman–Crippen LogP) is 1.92. The van der Waals surface area contributed by atoms with Crippen LogP contribution in [0.1, 0.15) is 36.8 Å². The first-order valence-corrected chi connectivity index (χ1v) is 10.7. The number of fused-ring (bicyclic) bond motifs is 1. The molecule has 0 bridgehead atoms. The number of ether oxygens (including phenoxy) is 2. The number of amides is 1. The number of nitrogens with one attached hydrogen (secondary N) is 2. The summed E-state index contributed by atoms with van der Waals surface area (Å²) in [7, 11) is 1.76. The SMILES string of the molecule is CN=C(NCCCOCC1CCOC1)NCCCC(=O)N1Cc2ccccc2C1. The zero-order valence-corrected chi connectivity index (χ0v) is 17.5. The summed E-state index contributed by atoms with van der Waals surface area (Å²) in [5.74, 6) is 1.56. The van der Waals surface area contributed by atoms with Gasteiger partial charge in [-0.1, -0.05) is 24.3 Å². The molecular formula is C22H34N4O3. The summed E-state index contributed by atoms with van der Waals surface area (Å²) in [6.45, 7) is 6.26. The lowest BCUT2D eigenvalue weighted by Gasteiger charge is -2.16. The van der Waals surface area contributed by atoms with Crippen LogP contribution in [0.2, 0.25) is 0 Å². The van der Waals surface area contributed by atoms with E-state index in [1.807, 2.05) is 17.0 Å². The van der Waals surface area contributed by atoms with Gasteiger partial charge in [0.25, 0.3) is 0 Å². The van der Waals surface area contributed by atoms with Crippen LogP contribution in [-0.2, 0) is 27.4 Å². The number of carbonyl (C=O) groups excluding carboxylic acids is 1. The first kappa shape index (κ1) is 21.6. The van der Waals surface area contributed by atoms with E-state index in [0.717, 1.165) is 77.8 Å². The highest BCUT2D eigenvalue weighted by molar-refractivity contribution is 5.80. The highest BCUT2D eigenvalue weighted by atomic mass is 16.5. The highest BCUT2D eigenvalue weighted by Gasteiger charge is 2.22. The summed E-state index contributed by atoms with van der Waals surface area (Å²) < 4.78 is 11.1. The third-order valence-corrected chi connectivity index (χ3v) is 5.41. The second-order valence-electron chi connectivity index (χ2n) is 7.71. The average molecular weight is 403 g/mol. The van der Waals surface area contributed by atoms with Crippen LogP contribution in [0.25, 0.3) is 0 Å². The second-order valence-corrected chi connectivity index (χ2v) is 7.71. The maximum atomic E-state index is 12.4. The van der Waals surface area contributed by atoms with Crippen LogP contribution < -0.4 is 10.6 Å². The van der Waals surface area contributed by atoms with Gasteiger partial charge in [-0.05, 0) is 30.4 Å². The van der Waals surface area contributed by atoms with Crippen molar-refractivity contribution in [1.29, 1.82) is 0 Å². The molecule has 1 fully saturated rings. The van der Waals surface area contributed by atoms with Gasteiger partial charge in [-0.3, -0.25) is 9.79 Å². The fourth-order valence-corrected chi connectivity index (χ4v) is 3.68. The monoisotopic (exact) mass is 402 g/mol. The quantitative estimate of drug-likeness (QED) is 0.355. The molecule has 1 saturated heterocycles. The normalized spacial score (nSPS) is 18.7. The van der Waals surface area contributed by atoms with Crippen molar-refractivity contribution in [3.63, 3.8) is 0 Å². The van der Waals surface area contributed by atoms with E-state index < -0.39 is 0 Å². The van der Waals surface area contributed by atoms with Gasteiger partial charge in [0.1, 0.15) is 0 Å². The zero-order valence-electron chi connectivity index (χ0n) is 17.5. The maximum absolute atomic E-state index is 12.4. The van der Waals surface area contributed by atoms with E-state index in [1.165, 1.54) is 11.1 Å². The Labute approximate surface area is 173 Å². The van der Waals surface area contributed by atoms with Gasteiger partial charge in [0.2, 0.25) is 5.91 Å². The molecule has 2 aliphatic heterocycles. The molecule has 0 spiro atoms. The topological polar surface area (TPSA) is 75.2 Å². The molecule has 0 radical (unpaired) electrons. The van der Waals surface area contributed by atoms with Crippen LogP contribution in [0, 0.1) is 5.92 Å². The molecule has 1 atom stereocenters. The molecule has 2 heterocycles. The van der Waals surface area contributed by atoms with E-state index in [1.54, 1.807) is 7.05 Å². The van der Waals surface area contributed by atoms with Crippen molar-refractivity contribution >= 4 is 11.9 Å². The third kappa shape index (κ3) is 7.01. The lowest BCUT2D eigenvalue weighted by Crippen LogP contribution is -2.38. The minimum atomic E-state index is 0.218. The van der Waals surface area contributed by atoms with Gasteiger partial charge < -0.3 is 25.0 Å². The van der Waals surface area contributed by atoms with Gasteiger partial charge in [0, 0.05) is 58.8 Å². The van der Waals surface area contributed by atoms with Crippen molar-refractivity contribution in [2.75, 3.05) is 46.6 Å². The summed E-state index contributed by atoms with van der Waals surface area (Å²) in [6.07, 6.45) is 3.39. The fourth-order valence-electron chi connectivity index (χ4n) is 3.68. The molecule has 2 N–H and O–H groups in total. The van der Waals surface area contributed by atoms with Crippen LogP contribution in [-0.4, -0.2) is 63.3 Å². The summed E-state index contributed by atoms with van der Waals surface area (Å²) in [5.41, 5.74) is 2.54. The van der Waals surface area contributed by atoms with E-state index >= 15 is 0 Å². The Balaban J connectivity index is 1.20. The van der Waals surface area contributed by atoms with Gasteiger partial charge in [0.05, 0.1) is 13.2 Å². The minimum Gasteiger partial charge on any atom is -0.381 e. The number of rotatable bonds is 10. The van der Waals surface area contributed by atoms with E-state index in [2.05, 4.69) is 27.8 Å². The van der Waals surface area contributed by atoms with Crippen molar-refractivity contribution < 1.29 is 14.3 Å². The Bertz CT molecular complexity index is 649. The van der Waals surface area contributed by atoms with E-state index in [4.69, 9.17) is 9.47 Å². The molecule has 1 aromatic carbocycles. The van der Waals surface area contributed by atoms with E-state index in [0.29, 0.717) is 12.3 Å². The number of carbonyl (C=O) groups is 1. The van der Waals surface area contributed by atoms with Crippen molar-refractivity contribution in [3.8, 4) is 0 Å². The first-order chi connectivity index (χ1) is 14.3. The van der Waals surface area contributed by atoms with Gasteiger partial charge in [-0.25, -0.2) is 0 Å². The molecule has 1 amide bonds. The van der Waals surface area contributed by atoms with Crippen LogP contribution >= 0.6 is 0 Å². The van der Waals surface area contributed by atoms with Crippen LogP contribution in [0.3, 0.4) is 0 Å².